The zero-order chi connectivity index (χ0) is 18.9. The molecule has 3 rings (SSSR count). The number of carbonyl (C=O) groups is 1. The maximum atomic E-state index is 12.2. The average molecular weight is 369 g/mol. The molecule has 27 heavy (non-hydrogen) atoms. The Balaban J connectivity index is 1.32. The Bertz CT molecular complexity index is 681. The number of benzene rings is 1. The number of nitrogens with one attached hydrogen (secondary N) is 3. The SMILES string of the molecule is N#Cc1ccc(C[NH+]2CC[NH+](CC(=O)NCCC3=CCCCC3)CC2)cc1. The van der Waals surface area contributed by atoms with E-state index >= 15 is 0 Å². The van der Waals surface area contributed by atoms with Gasteiger partial charge in [0.25, 0.3) is 5.91 Å². The molecule has 1 aliphatic heterocycles. The third-order valence-corrected chi connectivity index (χ3v) is 5.77. The monoisotopic (exact) mass is 368 g/mol. The van der Waals surface area contributed by atoms with Gasteiger partial charge in [0.2, 0.25) is 0 Å². The Morgan fingerprint density at radius 3 is 2.48 bits per heavy atom. The van der Waals surface area contributed by atoms with E-state index in [2.05, 4.69) is 29.6 Å². The van der Waals surface area contributed by atoms with Crippen LogP contribution in [0.5, 0.6) is 0 Å². The molecule has 1 saturated heterocycles. The van der Waals surface area contributed by atoms with E-state index in [1.807, 2.05) is 12.1 Å². The van der Waals surface area contributed by atoms with Gasteiger partial charge in [0.1, 0.15) is 32.7 Å². The van der Waals surface area contributed by atoms with Crippen LogP contribution in [0.3, 0.4) is 0 Å². The lowest BCUT2D eigenvalue weighted by Gasteiger charge is -2.29. The molecule has 1 aliphatic carbocycles. The van der Waals surface area contributed by atoms with Crippen LogP contribution in [0, 0.1) is 11.3 Å². The molecule has 1 heterocycles. The second-order valence-electron chi connectivity index (χ2n) is 7.87. The molecule has 1 aromatic carbocycles. The number of carbonyl (C=O) groups excluding carboxylic acids is 1. The molecule has 0 aromatic heterocycles. The Kier molecular flexibility index (Phi) is 7.44. The van der Waals surface area contributed by atoms with Crippen LogP contribution in [0.15, 0.2) is 35.9 Å². The number of hydrogen-bond acceptors (Lipinski definition) is 2. The van der Waals surface area contributed by atoms with E-state index in [1.54, 1.807) is 4.90 Å². The predicted octanol–water partition coefficient (Wildman–Crippen LogP) is -0.152. The van der Waals surface area contributed by atoms with Crippen LogP contribution >= 0.6 is 0 Å². The lowest BCUT2D eigenvalue weighted by Crippen LogP contribution is -3.28. The van der Waals surface area contributed by atoms with Gasteiger partial charge in [-0.05, 0) is 44.2 Å². The molecule has 144 valence electrons. The molecule has 1 amide bonds. The van der Waals surface area contributed by atoms with Crippen LogP contribution in [0.4, 0.5) is 0 Å². The number of rotatable bonds is 7. The summed E-state index contributed by atoms with van der Waals surface area (Å²) in [7, 11) is 0. The highest BCUT2D eigenvalue weighted by molar-refractivity contribution is 5.76. The van der Waals surface area contributed by atoms with Crippen molar-refractivity contribution < 1.29 is 14.6 Å². The van der Waals surface area contributed by atoms with Crippen LogP contribution in [0.25, 0.3) is 0 Å². The molecule has 5 nitrogen and oxygen atoms in total. The van der Waals surface area contributed by atoms with Crippen molar-refractivity contribution in [1.29, 1.82) is 5.26 Å². The second kappa shape index (κ2) is 10.2. The van der Waals surface area contributed by atoms with E-state index < -0.39 is 0 Å². The number of amides is 1. The van der Waals surface area contributed by atoms with Crippen molar-refractivity contribution in [2.75, 3.05) is 39.3 Å². The first-order chi connectivity index (χ1) is 13.2. The van der Waals surface area contributed by atoms with E-state index in [9.17, 15) is 4.79 Å². The van der Waals surface area contributed by atoms with Crippen LogP contribution in [-0.2, 0) is 11.3 Å². The van der Waals surface area contributed by atoms with Crippen LogP contribution in [0.1, 0.15) is 43.2 Å². The number of allylic oxidation sites excluding steroid dienone is 1. The quantitative estimate of drug-likeness (QED) is 0.586. The number of nitriles is 1. The molecule has 1 fully saturated rings. The number of piperazine rings is 1. The largest absolute Gasteiger partial charge is 0.351 e. The van der Waals surface area contributed by atoms with Crippen molar-refractivity contribution in [3.63, 3.8) is 0 Å². The smallest absolute Gasteiger partial charge is 0.275 e. The Morgan fingerprint density at radius 1 is 1.07 bits per heavy atom. The summed E-state index contributed by atoms with van der Waals surface area (Å²) in [6, 6.07) is 10.1. The minimum absolute atomic E-state index is 0.192. The predicted molar refractivity (Wildman–Crippen MR) is 105 cm³/mol. The average Bonchev–Trinajstić information content (AvgIpc) is 2.71. The minimum atomic E-state index is 0.192. The summed E-state index contributed by atoms with van der Waals surface area (Å²) in [5.74, 6) is 0.192. The Labute approximate surface area is 162 Å². The van der Waals surface area contributed by atoms with E-state index in [-0.39, 0.29) is 5.91 Å². The standard InChI is InChI=1S/C22H30N4O/c23-16-20-6-8-21(9-7-20)17-25-12-14-26(15-13-25)18-22(27)24-11-10-19-4-2-1-3-5-19/h4,6-9H,1-3,5,10-15,17-18H2,(H,24,27)/p+2. The lowest BCUT2D eigenvalue weighted by atomic mass is 9.97. The van der Waals surface area contributed by atoms with Gasteiger partial charge >= 0.3 is 0 Å². The Morgan fingerprint density at radius 2 is 1.81 bits per heavy atom. The van der Waals surface area contributed by atoms with Crippen LogP contribution in [-0.4, -0.2) is 45.2 Å². The second-order valence-corrected chi connectivity index (χ2v) is 7.87. The van der Waals surface area contributed by atoms with Gasteiger partial charge < -0.3 is 15.1 Å². The Hall–Kier alpha value is -2.16. The summed E-state index contributed by atoms with van der Waals surface area (Å²) in [4.78, 5) is 15.2. The van der Waals surface area contributed by atoms with Gasteiger partial charge in [-0.2, -0.15) is 5.26 Å². The first kappa shape index (κ1) is 19.6. The molecule has 3 N–H and O–H groups in total. The van der Waals surface area contributed by atoms with Crippen LogP contribution < -0.4 is 15.1 Å². The fourth-order valence-electron chi connectivity index (χ4n) is 4.08. The molecule has 0 radical (unpaired) electrons. The fraction of sp³-hybridized carbons (Fsp3) is 0.545. The first-order valence-electron chi connectivity index (χ1n) is 10.3. The molecule has 0 spiro atoms. The highest BCUT2D eigenvalue weighted by Gasteiger charge is 2.24. The number of nitrogens with zero attached hydrogens (tertiary/aromatic N) is 1. The van der Waals surface area contributed by atoms with E-state index in [0.29, 0.717) is 12.1 Å². The molecule has 0 unspecified atom stereocenters. The zero-order valence-corrected chi connectivity index (χ0v) is 16.2. The van der Waals surface area contributed by atoms with Gasteiger partial charge in [0.15, 0.2) is 6.54 Å². The molecular weight excluding hydrogens is 336 g/mol. The first-order valence-corrected chi connectivity index (χ1v) is 10.3. The normalized spacial score (nSPS) is 22.6. The summed E-state index contributed by atoms with van der Waals surface area (Å²) < 4.78 is 0. The summed E-state index contributed by atoms with van der Waals surface area (Å²) in [6.07, 6.45) is 8.42. The third-order valence-electron chi connectivity index (χ3n) is 5.77. The molecule has 5 heteroatoms. The maximum Gasteiger partial charge on any atom is 0.275 e. The third kappa shape index (κ3) is 6.50. The molecule has 0 saturated carbocycles. The van der Waals surface area contributed by atoms with Crippen LogP contribution in [0.2, 0.25) is 0 Å². The van der Waals surface area contributed by atoms with Gasteiger partial charge in [-0.3, -0.25) is 4.79 Å². The van der Waals surface area contributed by atoms with Crippen molar-refractivity contribution >= 4 is 5.91 Å². The summed E-state index contributed by atoms with van der Waals surface area (Å²) in [5.41, 5.74) is 3.52. The molecule has 0 bridgehead atoms. The van der Waals surface area contributed by atoms with E-state index in [1.165, 1.54) is 41.7 Å². The summed E-state index contributed by atoms with van der Waals surface area (Å²) in [5, 5.41) is 12.0. The molecule has 2 aliphatic rings. The van der Waals surface area contributed by atoms with Gasteiger partial charge in [-0.1, -0.05) is 23.8 Å². The highest BCUT2D eigenvalue weighted by atomic mass is 16.2. The fourth-order valence-corrected chi connectivity index (χ4v) is 4.08. The van der Waals surface area contributed by atoms with E-state index in [4.69, 9.17) is 5.26 Å². The van der Waals surface area contributed by atoms with Gasteiger partial charge in [0.05, 0.1) is 11.6 Å². The van der Waals surface area contributed by atoms with Gasteiger partial charge in [-0.15, -0.1) is 0 Å². The molecule has 1 aromatic rings. The summed E-state index contributed by atoms with van der Waals surface area (Å²) in [6.45, 7) is 6.66. The van der Waals surface area contributed by atoms with Crippen molar-refractivity contribution in [3.05, 3.63) is 47.0 Å². The van der Waals surface area contributed by atoms with Crippen molar-refractivity contribution in [3.8, 4) is 6.07 Å². The van der Waals surface area contributed by atoms with Crippen molar-refractivity contribution in [2.24, 2.45) is 0 Å². The van der Waals surface area contributed by atoms with E-state index in [0.717, 1.165) is 45.7 Å². The van der Waals surface area contributed by atoms with Crippen molar-refractivity contribution in [2.45, 2.75) is 38.6 Å². The highest BCUT2D eigenvalue weighted by Crippen LogP contribution is 2.19. The molecular formula is C22H32N4O+2. The number of hydrogen-bond donors (Lipinski definition) is 3. The van der Waals surface area contributed by atoms with Gasteiger partial charge in [-0.25, -0.2) is 0 Å². The maximum absolute atomic E-state index is 12.2. The lowest BCUT2D eigenvalue weighted by molar-refractivity contribution is -1.02. The number of quaternary nitrogens is 2. The summed E-state index contributed by atoms with van der Waals surface area (Å²) >= 11 is 0. The van der Waals surface area contributed by atoms with Gasteiger partial charge in [0, 0.05) is 12.1 Å². The minimum Gasteiger partial charge on any atom is -0.351 e. The topological polar surface area (TPSA) is 61.8 Å². The zero-order valence-electron chi connectivity index (χ0n) is 16.2. The van der Waals surface area contributed by atoms with Crippen molar-refractivity contribution in [1.82, 2.24) is 5.32 Å². The molecule has 0 atom stereocenters.